The third-order valence-corrected chi connectivity index (χ3v) is 6.00. The second-order valence-electron chi connectivity index (χ2n) is 8.47. The number of piperazine rings is 1. The normalized spacial score (nSPS) is 13.6. The van der Waals surface area contributed by atoms with Gasteiger partial charge in [-0.25, -0.2) is 13.8 Å². The Balaban J connectivity index is 1.39. The van der Waals surface area contributed by atoms with Crippen molar-refractivity contribution in [1.29, 1.82) is 0 Å². The van der Waals surface area contributed by atoms with Gasteiger partial charge in [-0.2, -0.15) is 0 Å². The molecule has 7 nitrogen and oxygen atoms in total. The molecule has 0 unspecified atom stereocenters. The highest BCUT2D eigenvalue weighted by Gasteiger charge is 2.24. The van der Waals surface area contributed by atoms with Crippen molar-refractivity contribution in [3.63, 3.8) is 0 Å². The van der Waals surface area contributed by atoms with Crippen molar-refractivity contribution >= 4 is 17.5 Å². The zero-order chi connectivity index (χ0) is 24.8. The van der Waals surface area contributed by atoms with E-state index in [0.29, 0.717) is 37.6 Å². The quantitative estimate of drug-likeness (QED) is 0.519. The summed E-state index contributed by atoms with van der Waals surface area (Å²) in [4.78, 5) is 39.6. The molecule has 35 heavy (non-hydrogen) atoms. The van der Waals surface area contributed by atoms with Crippen molar-refractivity contribution in [2.45, 2.75) is 19.9 Å². The minimum atomic E-state index is -0.360. The van der Waals surface area contributed by atoms with Gasteiger partial charge in [0.25, 0.3) is 5.91 Å². The Hall–Kier alpha value is -3.88. The fourth-order valence-electron chi connectivity index (χ4n) is 4.02. The van der Waals surface area contributed by atoms with E-state index < -0.39 is 0 Å². The van der Waals surface area contributed by atoms with Crippen LogP contribution >= 0.6 is 0 Å². The van der Waals surface area contributed by atoms with E-state index in [2.05, 4.69) is 9.97 Å². The van der Waals surface area contributed by atoms with Gasteiger partial charge in [0, 0.05) is 51.9 Å². The molecule has 0 bridgehead atoms. The number of aromatic nitrogens is 2. The average Bonchev–Trinajstić information content (AvgIpc) is 2.88. The van der Waals surface area contributed by atoms with E-state index >= 15 is 0 Å². The molecule has 1 aliphatic rings. The van der Waals surface area contributed by atoms with Gasteiger partial charge in [0.05, 0.1) is 17.6 Å². The van der Waals surface area contributed by atoms with Crippen LogP contribution in [0.1, 0.15) is 28.2 Å². The van der Waals surface area contributed by atoms with Crippen molar-refractivity contribution in [3.05, 3.63) is 89.5 Å². The lowest BCUT2D eigenvalue weighted by molar-refractivity contribution is -0.131. The van der Waals surface area contributed by atoms with Gasteiger partial charge in [0.2, 0.25) is 5.91 Å². The van der Waals surface area contributed by atoms with Gasteiger partial charge in [0.15, 0.2) is 0 Å². The van der Waals surface area contributed by atoms with Crippen LogP contribution in [0.4, 0.5) is 14.5 Å². The maximum atomic E-state index is 14.1. The van der Waals surface area contributed by atoms with E-state index in [1.165, 1.54) is 35.5 Å². The summed E-state index contributed by atoms with van der Waals surface area (Å²) < 4.78 is 27.4. The molecule has 0 radical (unpaired) electrons. The molecular formula is C26H27F2N5O2. The molecule has 3 aromatic rings. The zero-order valence-corrected chi connectivity index (χ0v) is 19.5. The molecule has 4 rings (SSSR count). The van der Waals surface area contributed by atoms with Gasteiger partial charge in [-0.3, -0.25) is 14.6 Å². The number of benzene rings is 2. The molecule has 2 heterocycles. The lowest BCUT2D eigenvalue weighted by Gasteiger charge is -2.36. The molecule has 0 saturated carbocycles. The first-order valence-electron chi connectivity index (χ1n) is 11.5. The fraction of sp³-hybridized carbons (Fsp3) is 0.308. The number of hydrogen-bond acceptors (Lipinski definition) is 5. The highest BCUT2D eigenvalue weighted by Crippen LogP contribution is 2.20. The summed E-state index contributed by atoms with van der Waals surface area (Å²) in [7, 11) is 0. The van der Waals surface area contributed by atoms with Crippen molar-refractivity contribution in [2.24, 2.45) is 0 Å². The second-order valence-corrected chi connectivity index (χ2v) is 8.47. The highest BCUT2D eigenvalue weighted by atomic mass is 19.1. The SMILES string of the molecule is Cc1cnc(C(=O)N(CCC(=O)N2CCN(c3ccccc3F)CC2)Cc2ccc(F)cc2)cn1. The largest absolute Gasteiger partial charge is 0.366 e. The Morgan fingerprint density at radius 2 is 1.66 bits per heavy atom. The predicted molar refractivity (Wildman–Crippen MR) is 128 cm³/mol. The van der Waals surface area contributed by atoms with Crippen LogP contribution in [0.15, 0.2) is 60.9 Å². The van der Waals surface area contributed by atoms with Gasteiger partial charge >= 0.3 is 0 Å². The second kappa shape index (κ2) is 11.0. The van der Waals surface area contributed by atoms with Crippen LogP contribution in [-0.4, -0.2) is 64.3 Å². The van der Waals surface area contributed by atoms with Crippen LogP contribution in [-0.2, 0) is 11.3 Å². The number of hydrogen-bond donors (Lipinski definition) is 0. The number of carbonyl (C=O) groups excluding carboxylic acids is 2. The van der Waals surface area contributed by atoms with Gasteiger partial charge in [-0.05, 0) is 36.8 Å². The lowest BCUT2D eigenvalue weighted by atomic mass is 10.2. The molecule has 0 N–H and O–H groups in total. The van der Waals surface area contributed by atoms with Crippen molar-refractivity contribution < 1.29 is 18.4 Å². The smallest absolute Gasteiger partial charge is 0.274 e. The molecule has 0 aliphatic carbocycles. The molecule has 1 aromatic heterocycles. The zero-order valence-electron chi connectivity index (χ0n) is 19.5. The van der Waals surface area contributed by atoms with Crippen LogP contribution in [0.5, 0.6) is 0 Å². The summed E-state index contributed by atoms with van der Waals surface area (Å²) >= 11 is 0. The van der Waals surface area contributed by atoms with Crippen LogP contribution in [0, 0.1) is 18.6 Å². The Kier molecular flexibility index (Phi) is 7.64. The van der Waals surface area contributed by atoms with Crippen LogP contribution in [0.2, 0.25) is 0 Å². The van der Waals surface area contributed by atoms with Crippen LogP contribution in [0.3, 0.4) is 0 Å². The van der Waals surface area contributed by atoms with Crippen molar-refractivity contribution in [1.82, 2.24) is 19.8 Å². The van der Waals surface area contributed by atoms with Crippen LogP contribution in [0.25, 0.3) is 0 Å². The molecule has 2 aromatic carbocycles. The molecule has 2 amide bonds. The molecular weight excluding hydrogens is 452 g/mol. The number of halogens is 2. The van der Waals surface area contributed by atoms with Gasteiger partial charge in [-0.1, -0.05) is 24.3 Å². The summed E-state index contributed by atoms with van der Waals surface area (Å²) in [6, 6.07) is 12.5. The Labute approximate surface area is 203 Å². The summed E-state index contributed by atoms with van der Waals surface area (Å²) in [5.74, 6) is -1.06. The van der Waals surface area contributed by atoms with Gasteiger partial charge in [0.1, 0.15) is 17.3 Å². The summed E-state index contributed by atoms with van der Waals surface area (Å²) in [5, 5.41) is 0. The number of carbonyl (C=O) groups is 2. The van der Waals surface area contributed by atoms with E-state index in [0.717, 1.165) is 5.56 Å². The van der Waals surface area contributed by atoms with E-state index in [1.807, 2.05) is 4.90 Å². The predicted octanol–water partition coefficient (Wildman–Crippen LogP) is 3.44. The van der Waals surface area contributed by atoms with E-state index in [-0.39, 0.29) is 48.7 Å². The topological polar surface area (TPSA) is 69.6 Å². The number of rotatable bonds is 7. The molecule has 1 saturated heterocycles. The first kappa shape index (κ1) is 24.3. The third kappa shape index (κ3) is 6.17. The van der Waals surface area contributed by atoms with E-state index in [4.69, 9.17) is 0 Å². The number of para-hydroxylation sites is 1. The number of anilines is 1. The third-order valence-electron chi connectivity index (χ3n) is 6.00. The maximum Gasteiger partial charge on any atom is 0.274 e. The fourth-order valence-corrected chi connectivity index (χ4v) is 4.02. The monoisotopic (exact) mass is 479 g/mol. The minimum Gasteiger partial charge on any atom is -0.366 e. The Morgan fingerprint density at radius 3 is 2.31 bits per heavy atom. The lowest BCUT2D eigenvalue weighted by Crippen LogP contribution is -2.49. The summed E-state index contributed by atoms with van der Waals surface area (Å²) in [5.41, 5.74) is 2.15. The molecule has 9 heteroatoms. The Morgan fingerprint density at radius 1 is 0.943 bits per heavy atom. The first-order chi connectivity index (χ1) is 16.9. The highest BCUT2D eigenvalue weighted by molar-refractivity contribution is 5.92. The minimum absolute atomic E-state index is 0.0786. The summed E-state index contributed by atoms with van der Waals surface area (Å²) in [6.07, 6.45) is 3.06. The molecule has 182 valence electrons. The molecule has 1 fully saturated rings. The number of aryl methyl sites for hydroxylation is 1. The van der Waals surface area contributed by atoms with Crippen molar-refractivity contribution in [2.75, 3.05) is 37.6 Å². The number of nitrogens with zero attached hydrogens (tertiary/aromatic N) is 5. The van der Waals surface area contributed by atoms with E-state index in [1.54, 1.807) is 42.2 Å². The van der Waals surface area contributed by atoms with Crippen molar-refractivity contribution in [3.8, 4) is 0 Å². The molecule has 0 spiro atoms. The average molecular weight is 480 g/mol. The summed E-state index contributed by atoms with van der Waals surface area (Å²) in [6.45, 7) is 4.18. The van der Waals surface area contributed by atoms with Gasteiger partial charge < -0.3 is 14.7 Å². The van der Waals surface area contributed by atoms with Crippen LogP contribution < -0.4 is 4.90 Å². The standard InChI is InChI=1S/C26H27F2N5O2/c1-19-16-30-23(17-29-19)26(35)33(18-20-6-8-21(27)9-7-20)11-10-25(34)32-14-12-31(13-15-32)24-5-3-2-4-22(24)28/h2-9,16-17H,10-15,18H2,1H3. The first-order valence-corrected chi connectivity index (χ1v) is 11.5. The van der Waals surface area contributed by atoms with Gasteiger partial charge in [-0.15, -0.1) is 0 Å². The molecule has 0 atom stereocenters. The number of amides is 2. The van der Waals surface area contributed by atoms with E-state index in [9.17, 15) is 18.4 Å². The molecule has 1 aliphatic heterocycles. The Bertz CT molecular complexity index is 1160. The maximum absolute atomic E-state index is 14.1.